The minimum Gasteiger partial charge on any atom is -0.451 e. The number of benzene rings is 1. The van der Waals surface area contributed by atoms with E-state index in [1.54, 1.807) is 36.1 Å². The van der Waals surface area contributed by atoms with Crippen molar-refractivity contribution in [1.82, 2.24) is 10.2 Å². The number of hydrogen-bond acceptors (Lipinski definition) is 4. The van der Waals surface area contributed by atoms with E-state index in [2.05, 4.69) is 10.6 Å². The van der Waals surface area contributed by atoms with E-state index < -0.39 is 24.1 Å². The van der Waals surface area contributed by atoms with Crippen molar-refractivity contribution in [2.24, 2.45) is 0 Å². The van der Waals surface area contributed by atoms with Gasteiger partial charge in [0, 0.05) is 18.8 Å². The lowest BCUT2D eigenvalue weighted by Gasteiger charge is -2.29. The quantitative estimate of drug-likeness (QED) is 0.799. The Hall–Kier alpha value is -2.57. The lowest BCUT2D eigenvalue weighted by molar-refractivity contribution is -0.160. The first kappa shape index (κ1) is 18.8. The van der Waals surface area contributed by atoms with Gasteiger partial charge in [0.15, 0.2) is 6.10 Å². The van der Waals surface area contributed by atoms with Crippen LogP contribution in [0.15, 0.2) is 30.3 Å². The number of urea groups is 1. The number of nitrogens with zero attached hydrogens (tertiary/aromatic N) is 1. The molecule has 0 aliphatic carbocycles. The second-order valence-corrected chi connectivity index (χ2v) is 6.15. The maximum Gasteiger partial charge on any atom is 0.329 e. The van der Waals surface area contributed by atoms with Crippen molar-refractivity contribution in [2.45, 2.75) is 45.3 Å². The topological polar surface area (TPSA) is 87.7 Å². The average molecular weight is 347 g/mol. The molecule has 0 saturated carbocycles. The Morgan fingerprint density at radius 3 is 2.32 bits per heavy atom. The zero-order chi connectivity index (χ0) is 18.2. The van der Waals surface area contributed by atoms with Gasteiger partial charge in [-0.15, -0.1) is 0 Å². The molecule has 2 unspecified atom stereocenters. The van der Waals surface area contributed by atoms with Crippen LogP contribution in [0.5, 0.6) is 0 Å². The molecule has 0 aromatic heterocycles. The third kappa shape index (κ3) is 5.77. The van der Waals surface area contributed by atoms with Crippen LogP contribution in [0.1, 0.15) is 33.1 Å². The molecule has 1 aliphatic rings. The molecule has 0 radical (unpaired) electrons. The number of likely N-dealkylation sites (tertiary alicyclic amines) is 1. The fourth-order valence-electron chi connectivity index (χ4n) is 2.64. The van der Waals surface area contributed by atoms with Gasteiger partial charge in [0.05, 0.1) is 0 Å². The second kappa shape index (κ2) is 9.05. The Balaban J connectivity index is 1.78. The van der Waals surface area contributed by atoms with Gasteiger partial charge in [-0.3, -0.25) is 4.79 Å². The predicted octanol–water partition coefficient (Wildman–Crippen LogP) is 2.14. The van der Waals surface area contributed by atoms with E-state index >= 15 is 0 Å². The number of amides is 3. The molecule has 1 fully saturated rings. The summed E-state index contributed by atoms with van der Waals surface area (Å²) in [7, 11) is 0. The molecule has 7 nitrogen and oxygen atoms in total. The number of esters is 1. The highest BCUT2D eigenvalue weighted by atomic mass is 16.5. The smallest absolute Gasteiger partial charge is 0.329 e. The van der Waals surface area contributed by atoms with Crippen LogP contribution >= 0.6 is 0 Å². The van der Waals surface area contributed by atoms with Crippen LogP contribution in [0, 0.1) is 0 Å². The fourth-order valence-corrected chi connectivity index (χ4v) is 2.64. The first-order valence-corrected chi connectivity index (χ1v) is 8.59. The van der Waals surface area contributed by atoms with Crippen LogP contribution in [-0.2, 0) is 14.3 Å². The number of rotatable bonds is 5. The Morgan fingerprint density at radius 2 is 1.68 bits per heavy atom. The summed E-state index contributed by atoms with van der Waals surface area (Å²) in [5.74, 6) is -0.824. The van der Waals surface area contributed by atoms with E-state index in [0.717, 1.165) is 19.3 Å². The number of ether oxygens (including phenoxy) is 1. The van der Waals surface area contributed by atoms with Crippen molar-refractivity contribution in [3.05, 3.63) is 30.3 Å². The molecule has 25 heavy (non-hydrogen) atoms. The Bertz CT molecular complexity index is 600. The van der Waals surface area contributed by atoms with Gasteiger partial charge in [-0.05, 0) is 45.2 Å². The van der Waals surface area contributed by atoms with Crippen molar-refractivity contribution in [3.8, 4) is 0 Å². The molecule has 7 heteroatoms. The van der Waals surface area contributed by atoms with E-state index in [4.69, 9.17) is 4.74 Å². The van der Waals surface area contributed by atoms with Gasteiger partial charge in [-0.2, -0.15) is 0 Å². The maximum absolute atomic E-state index is 12.3. The molecule has 1 aliphatic heterocycles. The number of nitrogens with one attached hydrogen (secondary N) is 2. The van der Waals surface area contributed by atoms with Crippen molar-refractivity contribution in [2.75, 3.05) is 18.4 Å². The number of carbonyl (C=O) groups is 3. The van der Waals surface area contributed by atoms with Crippen LogP contribution in [0.2, 0.25) is 0 Å². The first-order chi connectivity index (χ1) is 12.0. The molecule has 2 rings (SSSR count). The van der Waals surface area contributed by atoms with Gasteiger partial charge < -0.3 is 20.3 Å². The minimum atomic E-state index is -0.861. The van der Waals surface area contributed by atoms with Gasteiger partial charge in [0.2, 0.25) is 0 Å². The SMILES string of the molecule is CC(NC(=O)Nc1ccccc1)C(=O)OC(C)C(=O)N1CCCCC1. The third-order valence-electron chi connectivity index (χ3n) is 4.04. The van der Waals surface area contributed by atoms with E-state index in [-0.39, 0.29) is 5.91 Å². The highest BCUT2D eigenvalue weighted by Crippen LogP contribution is 2.11. The van der Waals surface area contributed by atoms with Crippen molar-refractivity contribution >= 4 is 23.6 Å². The number of hydrogen-bond donors (Lipinski definition) is 2. The molecular formula is C18H25N3O4. The van der Waals surface area contributed by atoms with Crippen LogP contribution in [-0.4, -0.2) is 48.0 Å². The van der Waals surface area contributed by atoms with Gasteiger partial charge in [-0.1, -0.05) is 18.2 Å². The minimum absolute atomic E-state index is 0.186. The second-order valence-electron chi connectivity index (χ2n) is 6.15. The number of anilines is 1. The van der Waals surface area contributed by atoms with E-state index in [1.807, 2.05) is 6.07 Å². The molecule has 0 spiro atoms. The summed E-state index contributed by atoms with van der Waals surface area (Å²) in [6.45, 7) is 4.48. The summed E-state index contributed by atoms with van der Waals surface area (Å²) in [5.41, 5.74) is 0.620. The molecule has 2 atom stereocenters. The Morgan fingerprint density at radius 1 is 1.04 bits per heavy atom. The summed E-state index contributed by atoms with van der Waals surface area (Å²) in [6, 6.07) is 7.53. The molecule has 2 N–H and O–H groups in total. The van der Waals surface area contributed by atoms with Crippen molar-refractivity contribution < 1.29 is 19.1 Å². The highest BCUT2D eigenvalue weighted by Gasteiger charge is 2.27. The predicted molar refractivity (Wildman–Crippen MR) is 94.0 cm³/mol. The molecule has 1 aromatic rings. The zero-order valence-electron chi connectivity index (χ0n) is 14.7. The maximum atomic E-state index is 12.3. The van der Waals surface area contributed by atoms with Crippen LogP contribution in [0.4, 0.5) is 10.5 Å². The van der Waals surface area contributed by atoms with Crippen molar-refractivity contribution in [1.29, 1.82) is 0 Å². The van der Waals surface area contributed by atoms with Gasteiger partial charge >= 0.3 is 12.0 Å². The molecule has 1 heterocycles. The summed E-state index contributed by atoms with van der Waals surface area (Å²) in [6.07, 6.45) is 2.22. The third-order valence-corrected chi connectivity index (χ3v) is 4.04. The average Bonchev–Trinajstić information content (AvgIpc) is 2.62. The van der Waals surface area contributed by atoms with Gasteiger partial charge in [0.1, 0.15) is 6.04 Å². The number of carbonyl (C=O) groups excluding carboxylic acids is 3. The summed E-state index contributed by atoms with van der Waals surface area (Å²) in [5, 5.41) is 5.12. The molecule has 136 valence electrons. The Labute approximate surface area is 147 Å². The summed E-state index contributed by atoms with van der Waals surface area (Å²) < 4.78 is 5.21. The number of para-hydroxylation sites is 1. The van der Waals surface area contributed by atoms with E-state index in [1.165, 1.54) is 6.92 Å². The van der Waals surface area contributed by atoms with Gasteiger partial charge in [0.25, 0.3) is 5.91 Å². The molecule has 0 bridgehead atoms. The largest absolute Gasteiger partial charge is 0.451 e. The lowest BCUT2D eigenvalue weighted by Crippen LogP contribution is -2.46. The van der Waals surface area contributed by atoms with E-state index in [9.17, 15) is 14.4 Å². The first-order valence-electron chi connectivity index (χ1n) is 8.59. The van der Waals surface area contributed by atoms with Crippen LogP contribution in [0.25, 0.3) is 0 Å². The van der Waals surface area contributed by atoms with Gasteiger partial charge in [-0.25, -0.2) is 9.59 Å². The number of piperidine rings is 1. The molecule has 3 amide bonds. The van der Waals surface area contributed by atoms with Crippen LogP contribution in [0.3, 0.4) is 0 Å². The monoisotopic (exact) mass is 347 g/mol. The van der Waals surface area contributed by atoms with E-state index in [0.29, 0.717) is 18.8 Å². The standard InChI is InChI=1S/C18H25N3O4/c1-13(19-18(24)20-15-9-5-3-6-10-15)17(23)25-14(2)16(22)21-11-7-4-8-12-21/h3,5-6,9-10,13-14H,4,7-8,11-12H2,1-2H3,(H2,19,20,24). The summed E-state index contributed by atoms with van der Waals surface area (Å²) in [4.78, 5) is 38.0. The van der Waals surface area contributed by atoms with Crippen LogP contribution < -0.4 is 10.6 Å². The fraction of sp³-hybridized carbons (Fsp3) is 0.500. The molecule has 1 aromatic carbocycles. The molecule has 1 saturated heterocycles. The Kier molecular flexibility index (Phi) is 6.80. The normalized spacial score (nSPS) is 16.5. The zero-order valence-corrected chi connectivity index (χ0v) is 14.7. The summed E-state index contributed by atoms with van der Waals surface area (Å²) >= 11 is 0. The van der Waals surface area contributed by atoms with Crippen molar-refractivity contribution in [3.63, 3.8) is 0 Å². The highest BCUT2D eigenvalue weighted by molar-refractivity contribution is 5.93. The lowest BCUT2D eigenvalue weighted by atomic mass is 10.1. The molecular weight excluding hydrogens is 322 g/mol.